The maximum absolute atomic E-state index is 3.72. The molecule has 1 saturated carbocycles. The van der Waals surface area contributed by atoms with Gasteiger partial charge in [0.15, 0.2) is 0 Å². The third kappa shape index (κ3) is 2.08. The van der Waals surface area contributed by atoms with Gasteiger partial charge in [-0.25, -0.2) is 0 Å². The molecule has 1 nitrogen and oxygen atoms in total. The molecule has 2 aromatic rings. The fourth-order valence-corrected chi connectivity index (χ4v) is 3.24. The molecule has 0 saturated heterocycles. The van der Waals surface area contributed by atoms with Gasteiger partial charge in [-0.2, -0.15) is 0 Å². The summed E-state index contributed by atoms with van der Waals surface area (Å²) in [6, 6.07) is 18.4. The van der Waals surface area contributed by atoms with Gasteiger partial charge in [0.05, 0.1) is 0 Å². The minimum Gasteiger partial charge on any atom is -0.309 e. The standard InChI is InChI=1S/C18H19N/c1-2-4-13(5-3-1)16-9-6-14-10-11-19-18(15-7-8-15)17(14)12-16/h1-6,9,12,15,18-19H,7-8,10-11H2. The molecule has 1 aliphatic carbocycles. The van der Waals surface area contributed by atoms with Gasteiger partial charge in [-0.05, 0) is 60.0 Å². The minimum atomic E-state index is 0.604. The Hall–Kier alpha value is -1.60. The highest BCUT2D eigenvalue weighted by Crippen LogP contribution is 2.44. The van der Waals surface area contributed by atoms with E-state index in [1.54, 1.807) is 11.1 Å². The quantitative estimate of drug-likeness (QED) is 0.849. The molecule has 4 rings (SSSR count). The molecule has 2 aromatic carbocycles. The zero-order chi connectivity index (χ0) is 12.7. The number of fused-ring (bicyclic) bond motifs is 1. The van der Waals surface area contributed by atoms with Crippen LogP contribution >= 0.6 is 0 Å². The maximum atomic E-state index is 3.72. The lowest BCUT2D eigenvalue weighted by Crippen LogP contribution is -2.31. The molecule has 1 N–H and O–H groups in total. The molecule has 19 heavy (non-hydrogen) atoms. The SMILES string of the molecule is c1ccc(-c2ccc3c(c2)C(C2CC2)NCC3)cc1. The van der Waals surface area contributed by atoms with Gasteiger partial charge in [-0.15, -0.1) is 0 Å². The van der Waals surface area contributed by atoms with Crippen LogP contribution in [-0.2, 0) is 6.42 Å². The fourth-order valence-electron chi connectivity index (χ4n) is 3.24. The Balaban J connectivity index is 1.77. The lowest BCUT2D eigenvalue weighted by atomic mass is 9.89. The Morgan fingerprint density at radius 2 is 1.74 bits per heavy atom. The Morgan fingerprint density at radius 1 is 0.895 bits per heavy atom. The zero-order valence-electron chi connectivity index (χ0n) is 11.1. The molecule has 1 heteroatoms. The molecule has 1 heterocycles. The van der Waals surface area contributed by atoms with Gasteiger partial charge in [0.1, 0.15) is 0 Å². The molecule has 1 fully saturated rings. The van der Waals surface area contributed by atoms with Crippen molar-refractivity contribution in [3.63, 3.8) is 0 Å². The van der Waals surface area contributed by atoms with Crippen LogP contribution in [0.1, 0.15) is 30.0 Å². The first kappa shape index (κ1) is 11.2. The highest BCUT2D eigenvalue weighted by Gasteiger charge is 2.34. The second kappa shape index (κ2) is 4.50. The van der Waals surface area contributed by atoms with Crippen LogP contribution < -0.4 is 5.32 Å². The molecule has 1 aliphatic heterocycles. The molecular weight excluding hydrogens is 230 g/mol. The Morgan fingerprint density at radius 3 is 2.53 bits per heavy atom. The van der Waals surface area contributed by atoms with Crippen LogP contribution in [0.3, 0.4) is 0 Å². The van der Waals surface area contributed by atoms with E-state index in [4.69, 9.17) is 0 Å². The first-order valence-electron chi connectivity index (χ1n) is 7.33. The summed E-state index contributed by atoms with van der Waals surface area (Å²) in [5.74, 6) is 0.880. The smallest absolute Gasteiger partial charge is 0.0351 e. The van der Waals surface area contributed by atoms with E-state index in [0.29, 0.717) is 6.04 Å². The van der Waals surface area contributed by atoms with Crippen molar-refractivity contribution < 1.29 is 0 Å². The average Bonchev–Trinajstić information content (AvgIpc) is 3.32. The predicted octanol–water partition coefficient (Wildman–Crippen LogP) is 3.95. The van der Waals surface area contributed by atoms with Gasteiger partial charge in [0.2, 0.25) is 0 Å². The minimum absolute atomic E-state index is 0.604. The van der Waals surface area contributed by atoms with Crippen molar-refractivity contribution in [2.75, 3.05) is 6.54 Å². The summed E-state index contributed by atoms with van der Waals surface area (Å²) < 4.78 is 0. The van der Waals surface area contributed by atoms with Crippen LogP contribution in [0.5, 0.6) is 0 Å². The second-order valence-electron chi connectivity index (χ2n) is 5.80. The van der Waals surface area contributed by atoms with E-state index in [-0.39, 0.29) is 0 Å². The third-order valence-electron chi connectivity index (χ3n) is 4.44. The predicted molar refractivity (Wildman–Crippen MR) is 79.0 cm³/mol. The van der Waals surface area contributed by atoms with E-state index in [1.807, 2.05) is 0 Å². The Bertz CT molecular complexity index is 584. The van der Waals surface area contributed by atoms with Crippen LogP contribution in [0.4, 0.5) is 0 Å². The Kier molecular flexibility index (Phi) is 2.66. The summed E-state index contributed by atoms with van der Waals surface area (Å²) in [4.78, 5) is 0. The molecule has 1 unspecified atom stereocenters. The summed E-state index contributed by atoms with van der Waals surface area (Å²) in [5.41, 5.74) is 5.78. The van der Waals surface area contributed by atoms with Gasteiger partial charge in [-0.3, -0.25) is 0 Å². The maximum Gasteiger partial charge on any atom is 0.0351 e. The summed E-state index contributed by atoms with van der Waals surface area (Å²) in [5, 5.41) is 3.72. The van der Waals surface area contributed by atoms with E-state index < -0.39 is 0 Å². The van der Waals surface area contributed by atoms with Crippen molar-refractivity contribution in [1.29, 1.82) is 0 Å². The highest BCUT2D eigenvalue weighted by molar-refractivity contribution is 5.65. The molecule has 96 valence electrons. The van der Waals surface area contributed by atoms with Gasteiger partial charge >= 0.3 is 0 Å². The monoisotopic (exact) mass is 249 g/mol. The summed E-state index contributed by atoms with van der Waals surface area (Å²) >= 11 is 0. The van der Waals surface area contributed by atoms with E-state index >= 15 is 0 Å². The zero-order valence-corrected chi connectivity index (χ0v) is 11.1. The molecule has 1 atom stereocenters. The van der Waals surface area contributed by atoms with E-state index in [0.717, 1.165) is 12.5 Å². The molecule has 0 amide bonds. The van der Waals surface area contributed by atoms with Crippen LogP contribution in [0, 0.1) is 5.92 Å². The second-order valence-corrected chi connectivity index (χ2v) is 5.80. The van der Waals surface area contributed by atoms with Gasteiger partial charge in [-0.1, -0.05) is 42.5 Å². The number of benzene rings is 2. The van der Waals surface area contributed by atoms with Crippen LogP contribution in [0.15, 0.2) is 48.5 Å². The largest absolute Gasteiger partial charge is 0.309 e. The average molecular weight is 249 g/mol. The molecule has 0 aromatic heterocycles. The molecule has 0 spiro atoms. The van der Waals surface area contributed by atoms with Crippen molar-refractivity contribution in [1.82, 2.24) is 5.32 Å². The van der Waals surface area contributed by atoms with Crippen molar-refractivity contribution in [3.8, 4) is 11.1 Å². The highest BCUT2D eigenvalue weighted by atomic mass is 14.9. The number of rotatable bonds is 2. The number of hydrogen-bond acceptors (Lipinski definition) is 1. The number of nitrogens with one attached hydrogen (secondary N) is 1. The first-order valence-corrected chi connectivity index (χ1v) is 7.33. The van der Waals surface area contributed by atoms with E-state index in [2.05, 4.69) is 53.8 Å². The van der Waals surface area contributed by atoms with Gasteiger partial charge in [0.25, 0.3) is 0 Å². The van der Waals surface area contributed by atoms with Crippen molar-refractivity contribution >= 4 is 0 Å². The Labute approximate surface area is 114 Å². The lowest BCUT2D eigenvalue weighted by Gasteiger charge is -2.27. The van der Waals surface area contributed by atoms with Crippen LogP contribution in [0.2, 0.25) is 0 Å². The van der Waals surface area contributed by atoms with Gasteiger partial charge in [0, 0.05) is 6.04 Å². The normalized spacial score (nSPS) is 22.0. The van der Waals surface area contributed by atoms with Crippen LogP contribution in [-0.4, -0.2) is 6.54 Å². The topological polar surface area (TPSA) is 12.0 Å². The first-order chi connectivity index (χ1) is 9.42. The number of hydrogen-bond donors (Lipinski definition) is 1. The summed E-state index contributed by atoms with van der Waals surface area (Å²) in [7, 11) is 0. The third-order valence-corrected chi connectivity index (χ3v) is 4.44. The van der Waals surface area contributed by atoms with E-state index in [1.165, 1.54) is 30.4 Å². The van der Waals surface area contributed by atoms with Crippen molar-refractivity contribution in [2.45, 2.75) is 25.3 Å². The lowest BCUT2D eigenvalue weighted by molar-refractivity contribution is 0.458. The van der Waals surface area contributed by atoms with E-state index in [9.17, 15) is 0 Å². The van der Waals surface area contributed by atoms with Crippen molar-refractivity contribution in [2.24, 2.45) is 5.92 Å². The molecule has 0 radical (unpaired) electrons. The van der Waals surface area contributed by atoms with Crippen molar-refractivity contribution in [3.05, 3.63) is 59.7 Å². The summed E-state index contributed by atoms with van der Waals surface area (Å²) in [6.07, 6.45) is 3.97. The fraction of sp³-hybridized carbons (Fsp3) is 0.333. The summed E-state index contributed by atoms with van der Waals surface area (Å²) in [6.45, 7) is 1.14. The van der Waals surface area contributed by atoms with Crippen LogP contribution in [0.25, 0.3) is 11.1 Å². The molecule has 0 bridgehead atoms. The molecular formula is C18H19N. The molecule has 2 aliphatic rings. The van der Waals surface area contributed by atoms with Gasteiger partial charge < -0.3 is 5.32 Å².